The van der Waals surface area contributed by atoms with Crippen molar-refractivity contribution < 1.29 is 31.3 Å². The number of para-hydroxylation sites is 1. The van der Waals surface area contributed by atoms with Crippen molar-refractivity contribution in [3.05, 3.63) is 93.0 Å². The number of rotatable bonds is 9. The molecule has 43 heavy (non-hydrogen) atoms. The summed E-state index contributed by atoms with van der Waals surface area (Å²) in [6.07, 6.45) is 0. The summed E-state index contributed by atoms with van der Waals surface area (Å²) >= 11 is 13.4. The van der Waals surface area contributed by atoms with Gasteiger partial charge in [0.2, 0.25) is 0 Å². The molecule has 1 unspecified atom stereocenters. The number of imidazole rings is 1. The number of fused-ring (bicyclic) bond motifs is 1. The van der Waals surface area contributed by atoms with E-state index in [4.69, 9.17) is 27.7 Å². The van der Waals surface area contributed by atoms with Crippen molar-refractivity contribution in [2.24, 2.45) is 0 Å². The number of amides is 1. The zero-order valence-corrected chi connectivity index (χ0v) is 25.2. The molecule has 0 aliphatic carbocycles. The maximum absolute atomic E-state index is 13.4. The van der Waals surface area contributed by atoms with Gasteiger partial charge in [-0.15, -0.1) is 0 Å². The Morgan fingerprint density at radius 1 is 1.12 bits per heavy atom. The number of benzene rings is 3. The summed E-state index contributed by atoms with van der Waals surface area (Å²) in [4.78, 5) is 21.3. The number of aryl methyl sites for hydroxylation is 2. The van der Waals surface area contributed by atoms with Crippen molar-refractivity contribution in [3.8, 4) is 16.9 Å². The Hall–Kier alpha value is -4.00. The van der Waals surface area contributed by atoms with Crippen molar-refractivity contribution in [2.75, 3.05) is 5.75 Å². The highest BCUT2D eigenvalue weighted by molar-refractivity contribution is 7.91. The second kappa shape index (κ2) is 11.9. The third kappa shape index (κ3) is 5.95. The minimum absolute atomic E-state index is 0.0653. The summed E-state index contributed by atoms with van der Waals surface area (Å²) in [5.41, 5.74) is 2.26. The molecule has 1 atom stereocenters. The van der Waals surface area contributed by atoms with Crippen LogP contribution in [0.2, 0.25) is 10.0 Å². The first-order valence-electron chi connectivity index (χ1n) is 12.9. The molecule has 5 rings (SSSR count). The highest BCUT2D eigenvalue weighted by Gasteiger charge is 2.27. The summed E-state index contributed by atoms with van der Waals surface area (Å²) in [5.74, 6) is -0.145. The molecule has 0 spiro atoms. The molecule has 14 heteroatoms. The first-order chi connectivity index (χ1) is 20.4. The number of nitrogens with zero attached hydrogens (tertiary/aromatic N) is 2. The number of hydrogen-bond donors (Lipinski definition) is 2. The summed E-state index contributed by atoms with van der Waals surface area (Å²) in [6.45, 7) is 1.71. The molecule has 2 N–H and O–H groups in total. The lowest BCUT2D eigenvalue weighted by atomic mass is 10.0. The van der Waals surface area contributed by atoms with Gasteiger partial charge >= 0.3 is 6.61 Å². The van der Waals surface area contributed by atoms with Crippen LogP contribution in [0.1, 0.15) is 46.2 Å². The lowest BCUT2D eigenvalue weighted by molar-refractivity contribution is -0.0494. The minimum Gasteiger partial charge on any atom is -0.434 e. The molecular formula is C29H24Cl2F2N4O5S. The second-order valence-corrected chi connectivity index (χ2v) is 12.6. The largest absolute Gasteiger partial charge is 0.434 e. The number of aromatic nitrogens is 3. The molecule has 2 heterocycles. The van der Waals surface area contributed by atoms with Crippen LogP contribution < -0.4 is 10.1 Å². The lowest BCUT2D eigenvalue weighted by Gasteiger charge is -2.18. The summed E-state index contributed by atoms with van der Waals surface area (Å²) in [6, 6.07) is 12.8. The monoisotopic (exact) mass is 648 g/mol. The van der Waals surface area contributed by atoms with Crippen LogP contribution in [0, 0.1) is 13.8 Å². The fourth-order valence-electron chi connectivity index (χ4n) is 4.71. The number of aromatic amines is 1. The van der Waals surface area contributed by atoms with E-state index in [1.165, 1.54) is 30.3 Å². The Morgan fingerprint density at radius 3 is 2.44 bits per heavy atom. The number of carbonyl (C=O) groups excluding carboxylic acids is 1. The summed E-state index contributed by atoms with van der Waals surface area (Å²) in [5, 5.41) is 6.97. The van der Waals surface area contributed by atoms with Gasteiger partial charge in [0.05, 0.1) is 31.9 Å². The molecule has 3 aromatic carbocycles. The molecule has 9 nitrogen and oxygen atoms in total. The van der Waals surface area contributed by atoms with Crippen molar-refractivity contribution in [1.82, 2.24) is 20.4 Å². The summed E-state index contributed by atoms with van der Waals surface area (Å²) < 4.78 is 60.8. The number of ether oxygens (including phenoxy) is 1. The van der Waals surface area contributed by atoms with Gasteiger partial charge in [-0.1, -0.05) is 65.6 Å². The Labute approximate surface area is 255 Å². The van der Waals surface area contributed by atoms with Gasteiger partial charge in [-0.3, -0.25) is 4.79 Å². The normalized spacial score (nSPS) is 12.6. The maximum atomic E-state index is 13.4. The maximum Gasteiger partial charge on any atom is 0.387 e. The first-order valence-corrected chi connectivity index (χ1v) is 15.3. The van der Waals surface area contributed by atoms with Crippen LogP contribution in [0.5, 0.6) is 5.75 Å². The number of carbonyl (C=O) groups is 1. The molecule has 0 fully saturated rings. The molecule has 1 amide bonds. The molecule has 0 saturated carbocycles. The van der Waals surface area contributed by atoms with E-state index in [2.05, 4.69) is 25.2 Å². The smallest absolute Gasteiger partial charge is 0.387 e. The molecule has 224 valence electrons. The second-order valence-electron chi connectivity index (χ2n) is 9.52. The van der Waals surface area contributed by atoms with Gasteiger partial charge in [0, 0.05) is 11.1 Å². The average Bonchev–Trinajstić information content (AvgIpc) is 3.54. The number of sulfone groups is 1. The van der Waals surface area contributed by atoms with Crippen molar-refractivity contribution >= 4 is 50.0 Å². The minimum atomic E-state index is -3.47. The fraction of sp³-hybridized carbons (Fsp3) is 0.207. The van der Waals surface area contributed by atoms with Crippen LogP contribution in [0.3, 0.4) is 0 Å². The molecule has 0 saturated heterocycles. The van der Waals surface area contributed by atoms with Crippen LogP contribution in [0.25, 0.3) is 22.2 Å². The highest BCUT2D eigenvalue weighted by Crippen LogP contribution is 2.43. The Morgan fingerprint density at radius 2 is 1.81 bits per heavy atom. The van der Waals surface area contributed by atoms with E-state index in [9.17, 15) is 22.0 Å². The zero-order valence-electron chi connectivity index (χ0n) is 22.9. The van der Waals surface area contributed by atoms with Gasteiger partial charge in [0.1, 0.15) is 34.5 Å². The lowest BCUT2D eigenvalue weighted by Crippen LogP contribution is -2.30. The van der Waals surface area contributed by atoms with Crippen LogP contribution in [0.4, 0.5) is 8.78 Å². The van der Waals surface area contributed by atoms with E-state index in [1.807, 2.05) is 0 Å². The average molecular weight is 650 g/mol. The number of H-pyrrole nitrogens is 1. The molecule has 0 aliphatic rings. The van der Waals surface area contributed by atoms with Crippen molar-refractivity contribution in [1.29, 1.82) is 0 Å². The van der Waals surface area contributed by atoms with Gasteiger partial charge in [0.25, 0.3) is 5.91 Å². The van der Waals surface area contributed by atoms with Crippen LogP contribution >= 0.6 is 23.2 Å². The fourth-order valence-corrected chi connectivity index (χ4v) is 6.29. The number of halogens is 4. The number of nitrogens with one attached hydrogen (secondary N) is 2. The van der Waals surface area contributed by atoms with Crippen LogP contribution in [-0.2, 0) is 9.84 Å². The van der Waals surface area contributed by atoms with E-state index >= 15 is 0 Å². The van der Waals surface area contributed by atoms with E-state index in [-0.39, 0.29) is 54.5 Å². The first kappa shape index (κ1) is 30.5. The summed E-state index contributed by atoms with van der Waals surface area (Å²) in [7, 11) is -3.47. The third-order valence-corrected chi connectivity index (χ3v) is 9.24. The van der Waals surface area contributed by atoms with E-state index in [1.54, 1.807) is 45.0 Å². The Balaban J connectivity index is 1.64. The quantitative estimate of drug-likeness (QED) is 0.175. The van der Waals surface area contributed by atoms with Crippen LogP contribution in [-0.4, -0.2) is 41.8 Å². The van der Waals surface area contributed by atoms with E-state index in [0.717, 1.165) is 0 Å². The number of alkyl halides is 2. The van der Waals surface area contributed by atoms with Gasteiger partial charge in [-0.05, 0) is 43.7 Å². The zero-order chi connectivity index (χ0) is 31.1. The SMILES string of the molecule is CCS(=O)(=O)c1ccc(C(NC(=O)c2c(C)noc2C)c2nc3c(Cl)c(-c4ccccc4OC(F)F)c(Cl)cc3[nH]2)cc1. The third-order valence-electron chi connectivity index (χ3n) is 6.82. The van der Waals surface area contributed by atoms with Gasteiger partial charge < -0.3 is 19.6 Å². The van der Waals surface area contributed by atoms with Gasteiger partial charge in [0.15, 0.2) is 9.84 Å². The molecule has 5 aromatic rings. The Kier molecular flexibility index (Phi) is 8.46. The molecule has 2 aromatic heterocycles. The van der Waals surface area contributed by atoms with E-state index < -0.39 is 28.4 Å². The predicted octanol–water partition coefficient (Wildman–Crippen LogP) is 7.06. The van der Waals surface area contributed by atoms with Crippen molar-refractivity contribution in [3.63, 3.8) is 0 Å². The highest BCUT2D eigenvalue weighted by atomic mass is 35.5. The predicted molar refractivity (Wildman–Crippen MR) is 158 cm³/mol. The molecule has 0 aliphatic heterocycles. The standard InChI is InChI=1S/C29H24Cl2F2N4O5S/c1-4-43(39,40)17-11-9-16(10-12-17)25(36-28(38)22-14(2)37-42-15(22)3)27-34-20-13-19(30)23(24(31)26(20)35-27)18-7-5-6-8-21(18)41-29(32)33/h5-13,25,29H,4H2,1-3H3,(H,34,35)(H,36,38). The van der Waals surface area contributed by atoms with Gasteiger partial charge in [-0.2, -0.15) is 8.78 Å². The number of hydrogen-bond acceptors (Lipinski definition) is 7. The molecule has 0 radical (unpaired) electrons. The van der Waals surface area contributed by atoms with Crippen molar-refractivity contribution in [2.45, 2.75) is 38.3 Å². The Bertz CT molecular complexity index is 1920. The topological polar surface area (TPSA) is 127 Å². The van der Waals surface area contributed by atoms with Gasteiger partial charge in [-0.25, -0.2) is 13.4 Å². The molecular weight excluding hydrogens is 625 g/mol. The van der Waals surface area contributed by atoms with E-state index in [0.29, 0.717) is 22.5 Å². The molecule has 0 bridgehead atoms. The van der Waals surface area contributed by atoms with Crippen LogP contribution in [0.15, 0.2) is 64.0 Å².